The minimum atomic E-state index is -0.404. The van der Waals surface area contributed by atoms with Crippen molar-refractivity contribution in [2.24, 2.45) is 11.7 Å². The molecule has 1 unspecified atom stereocenters. The summed E-state index contributed by atoms with van der Waals surface area (Å²) in [6.45, 7) is 1.92. The van der Waals surface area contributed by atoms with Gasteiger partial charge in [0.2, 0.25) is 0 Å². The Hall–Kier alpha value is -1.00. The molecule has 1 aromatic carbocycles. The fourth-order valence-electron chi connectivity index (χ4n) is 2.39. The summed E-state index contributed by atoms with van der Waals surface area (Å²) in [6.07, 6.45) is 2.43. The van der Waals surface area contributed by atoms with E-state index in [1.165, 1.54) is 12.1 Å². The average Bonchev–Trinajstić information content (AvgIpc) is 2.35. The predicted octanol–water partition coefficient (Wildman–Crippen LogP) is 1.83. The van der Waals surface area contributed by atoms with Crippen LogP contribution in [0.15, 0.2) is 18.2 Å². The van der Waals surface area contributed by atoms with E-state index in [9.17, 15) is 8.78 Å². The standard InChI is InChI=1S/C13H18F2N2/c14-11-1-2-12(15)10(7-11)8-13(16)9-3-5-17-6-4-9/h1-2,7,9,13,17H,3-6,8,16H2. The van der Waals surface area contributed by atoms with Crippen molar-refractivity contribution in [1.82, 2.24) is 5.32 Å². The zero-order valence-electron chi connectivity index (χ0n) is 9.76. The quantitative estimate of drug-likeness (QED) is 0.846. The summed E-state index contributed by atoms with van der Waals surface area (Å²) >= 11 is 0. The van der Waals surface area contributed by atoms with Gasteiger partial charge < -0.3 is 11.1 Å². The highest BCUT2D eigenvalue weighted by Gasteiger charge is 2.21. The van der Waals surface area contributed by atoms with Gasteiger partial charge in [0.1, 0.15) is 11.6 Å². The van der Waals surface area contributed by atoms with Crippen molar-refractivity contribution >= 4 is 0 Å². The molecular weight excluding hydrogens is 222 g/mol. The lowest BCUT2D eigenvalue weighted by Crippen LogP contribution is -2.39. The van der Waals surface area contributed by atoms with Crippen LogP contribution >= 0.6 is 0 Å². The van der Waals surface area contributed by atoms with Crippen molar-refractivity contribution in [3.63, 3.8) is 0 Å². The van der Waals surface area contributed by atoms with Crippen molar-refractivity contribution in [2.45, 2.75) is 25.3 Å². The van der Waals surface area contributed by atoms with Gasteiger partial charge in [-0.05, 0) is 62.0 Å². The summed E-state index contributed by atoms with van der Waals surface area (Å²) in [5, 5.41) is 3.26. The van der Waals surface area contributed by atoms with Crippen LogP contribution in [0, 0.1) is 17.6 Å². The second-order valence-corrected chi connectivity index (χ2v) is 4.69. The minimum Gasteiger partial charge on any atom is -0.327 e. The number of piperidine rings is 1. The molecule has 17 heavy (non-hydrogen) atoms. The molecule has 0 spiro atoms. The van der Waals surface area contributed by atoms with E-state index in [-0.39, 0.29) is 11.9 Å². The Kier molecular flexibility index (Phi) is 4.07. The van der Waals surface area contributed by atoms with E-state index in [1.54, 1.807) is 0 Å². The Morgan fingerprint density at radius 3 is 2.71 bits per heavy atom. The third kappa shape index (κ3) is 3.23. The van der Waals surface area contributed by atoms with Gasteiger partial charge >= 0.3 is 0 Å². The molecule has 2 nitrogen and oxygen atoms in total. The van der Waals surface area contributed by atoms with Crippen LogP contribution < -0.4 is 11.1 Å². The molecule has 0 aromatic heterocycles. The molecule has 0 saturated carbocycles. The molecule has 1 fully saturated rings. The number of hydrogen-bond acceptors (Lipinski definition) is 2. The molecule has 0 bridgehead atoms. The second kappa shape index (κ2) is 5.56. The number of nitrogens with two attached hydrogens (primary N) is 1. The molecule has 0 aliphatic carbocycles. The first-order valence-corrected chi connectivity index (χ1v) is 6.07. The largest absolute Gasteiger partial charge is 0.327 e. The van der Waals surface area contributed by atoms with Crippen LogP contribution in [0.25, 0.3) is 0 Å². The molecule has 1 aliphatic heterocycles. The molecule has 1 atom stereocenters. The monoisotopic (exact) mass is 240 g/mol. The molecule has 1 aromatic rings. The van der Waals surface area contributed by atoms with E-state index < -0.39 is 5.82 Å². The van der Waals surface area contributed by atoms with E-state index in [0.29, 0.717) is 17.9 Å². The van der Waals surface area contributed by atoms with Crippen LogP contribution in [0.2, 0.25) is 0 Å². The molecule has 1 aliphatic rings. The number of rotatable bonds is 3. The summed E-state index contributed by atoms with van der Waals surface area (Å²) in [5.74, 6) is -0.367. The molecule has 1 heterocycles. The molecular formula is C13H18F2N2. The third-order valence-corrected chi connectivity index (χ3v) is 3.45. The molecule has 4 heteroatoms. The van der Waals surface area contributed by atoms with Crippen LogP contribution in [0.3, 0.4) is 0 Å². The zero-order valence-corrected chi connectivity index (χ0v) is 9.76. The van der Waals surface area contributed by atoms with Crippen molar-refractivity contribution in [2.75, 3.05) is 13.1 Å². The predicted molar refractivity (Wildman–Crippen MR) is 63.6 cm³/mol. The summed E-state index contributed by atoms with van der Waals surface area (Å²) in [5.41, 5.74) is 6.47. The van der Waals surface area contributed by atoms with Gasteiger partial charge in [-0.25, -0.2) is 8.78 Å². The normalized spacial score (nSPS) is 19.2. The maximum atomic E-state index is 13.5. The van der Waals surface area contributed by atoms with Crippen LogP contribution in [0.1, 0.15) is 18.4 Å². The topological polar surface area (TPSA) is 38.0 Å². The summed E-state index contributed by atoms with van der Waals surface area (Å²) < 4.78 is 26.5. The van der Waals surface area contributed by atoms with Crippen molar-refractivity contribution in [3.8, 4) is 0 Å². The number of hydrogen-bond donors (Lipinski definition) is 2. The molecule has 3 N–H and O–H groups in total. The Morgan fingerprint density at radius 1 is 1.29 bits per heavy atom. The minimum absolute atomic E-state index is 0.0894. The van der Waals surface area contributed by atoms with Crippen molar-refractivity contribution < 1.29 is 8.78 Å². The van der Waals surface area contributed by atoms with Gasteiger partial charge in [0.25, 0.3) is 0 Å². The van der Waals surface area contributed by atoms with Crippen molar-refractivity contribution in [1.29, 1.82) is 0 Å². The Morgan fingerprint density at radius 2 is 2.00 bits per heavy atom. The number of halogens is 2. The van der Waals surface area contributed by atoms with Gasteiger partial charge in [-0.2, -0.15) is 0 Å². The molecule has 1 saturated heterocycles. The van der Waals surface area contributed by atoms with Crippen LogP contribution in [-0.2, 0) is 6.42 Å². The van der Waals surface area contributed by atoms with Crippen LogP contribution in [-0.4, -0.2) is 19.1 Å². The van der Waals surface area contributed by atoms with E-state index in [0.717, 1.165) is 32.0 Å². The maximum Gasteiger partial charge on any atom is 0.126 e. The van der Waals surface area contributed by atoms with E-state index in [4.69, 9.17) is 5.73 Å². The van der Waals surface area contributed by atoms with E-state index in [2.05, 4.69) is 5.32 Å². The van der Waals surface area contributed by atoms with Crippen molar-refractivity contribution in [3.05, 3.63) is 35.4 Å². The summed E-state index contributed by atoms with van der Waals surface area (Å²) in [6, 6.07) is 3.46. The van der Waals surface area contributed by atoms with E-state index >= 15 is 0 Å². The lowest BCUT2D eigenvalue weighted by atomic mass is 9.87. The highest BCUT2D eigenvalue weighted by Crippen LogP contribution is 2.20. The Balaban J connectivity index is 2.01. The molecule has 0 radical (unpaired) electrons. The van der Waals surface area contributed by atoms with Gasteiger partial charge in [0.05, 0.1) is 0 Å². The fraction of sp³-hybridized carbons (Fsp3) is 0.538. The van der Waals surface area contributed by atoms with Gasteiger partial charge in [-0.3, -0.25) is 0 Å². The van der Waals surface area contributed by atoms with Gasteiger partial charge in [-0.1, -0.05) is 0 Å². The zero-order chi connectivity index (χ0) is 12.3. The highest BCUT2D eigenvalue weighted by atomic mass is 19.1. The first kappa shape index (κ1) is 12.5. The Bertz CT molecular complexity index is 376. The number of benzene rings is 1. The molecule has 0 amide bonds. The molecule has 94 valence electrons. The summed E-state index contributed by atoms with van der Waals surface area (Å²) in [7, 11) is 0. The average molecular weight is 240 g/mol. The number of nitrogens with one attached hydrogen (secondary N) is 1. The SMILES string of the molecule is NC(Cc1cc(F)ccc1F)C1CCNCC1. The van der Waals surface area contributed by atoms with Gasteiger partial charge in [0.15, 0.2) is 0 Å². The van der Waals surface area contributed by atoms with Gasteiger partial charge in [-0.15, -0.1) is 0 Å². The second-order valence-electron chi connectivity index (χ2n) is 4.69. The fourth-order valence-corrected chi connectivity index (χ4v) is 2.39. The third-order valence-electron chi connectivity index (χ3n) is 3.45. The lowest BCUT2D eigenvalue weighted by Gasteiger charge is -2.28. The first-order chi connectivity index (χ1) is 8.16. The maximum absolute atomic E-state index is 13.5. The molecule has 2 rings (SSSR count). The van der Waals surface area contributed by atoms with E-state index in [1.807, 2.05) is 0 Å². The Labute approximate surface area is 100 Å². The van der Waals surface area contributed by atoms with Crippen LogP contribution in [0.4, 0.5) is 8.78 Å². The first-order valence-electron chi connectivity index (χ1n) is 6.07. The van der Waals surface area contributed by atoms with Crippen LogP contribution in [0.5, 0.6) is 0 Å². The smallest absolute Gasteiger partial charge is 0.126 e. The van der Waals surface area contributed by atoms with Gasteiger partial charge in [0, 0.05) is 6.04 Å². The highest BCUT2D eigenvalue weighted by molar-refractivity contribution is 5.20. The summed E-state index contributed by atoms with van der Waals surface area (Å²) in [4.78, 5) is 0. The lowest BCUT2D eigenvalue weighted by molar-refractivity contribution is 0.315.